The topological polar surface area (TPSA) is 37.8 Å². The molecule has 0 spiro atoms. The molecule has 2 rings (SSSR count). The Balaban J connectivity index is 2.17. The van der Waals surface area contributed by atoms with Crippen molar-refractivity contribution in [3.63, 3.8) is 0 Å². The zero-order chi connectivity index (χ0) is 13.0. The molecule has 18 heavy (non-hydrogen) atoms. The molecule has 1 N–H and O–H groups in total. The second kappa shape index (κ2) is 5.87. The molecule has 0 radical (unpaired) electrons. The quantitative estimate of drug-likeness (QED) is 0.850. The molecule has 0 bridgehead atoms. The summed E-state index contributed by atoms with van der Waals surface area (Å²) in [7, 11) is 1.81. The number of nitrogens with zero attached hydrogens (tertiary/aromatic N) is 2. The minimum Gasteiger partial charge on any atom is -0.357 e. The molecule has 94 valence electrons. The zero-order valence-corrected chi connectivity index (χ0v) is 11.7. The van der Waals surface area contributed by atoms with Crippen LogP contribution in [-0.2, 0) is 0 Å². The van der Waals surface area contributed by atoms with E-state index in [4.69, 9.17) is 0 Å². The fourth-order valence-electron chi connectivity index (χ4n) is 1.60. The number of thioether (sulfide) groups is 1. The normalized spacial score (nSPS) is 10.7. The molecule has 3 nitrogen and oxygen atoms in total. The Labute approximate surface area is 112 Å². The Morgan fingerprint density at radius 3 is 2.11 bits per heavy atom. The number of hydrogen-bond donors (Lipinski definition) is 1. The van der Waals surface area contributed by atoms with E-state index in [0.717, 1.165) is 11.1 Å². The molecule has 1 aromatic heterocycles. The molecule has 0 aliphatic carbocycles. The van der Waals surface area contributed by atoms with E-state index in [9.17, 15) is 0 Å². The minimum absolute atomic E-state index is 0.606. The van der Waals surface area contributed by atoms with E-state index in [2.05, 4.69) is 53.4 Å². The van der Waals surface area contributed by atoms with E-state index in [1.807, 2.05) is 31.2 Å². The molecule has 1 heterocycles. The van der Waals surface area contributed by atoms with Crippen LogP contribution in [0.5, 0.6) is 0 Å². The SMILES string of the molecule is CNc1ncc(-c2ccc(SC(C)C)cc2)cn1. The lowest BCUT2D eigenvalue weighted by atomic mass is 10.1. The number of benzene rings is 1. The first-order chi connectivity index (χ1) is 8.69. The van der Waals surface area contributed by atoms with Gasteiger partial charge in [0.2, 0.25) is 5.95 Å². The second-order valence-corrected chi connectivity index (χ2v) is 5.89. The lowest BCUT2D eigenvalue weighted by Gasteiger charge is -2.06. The summed E-state index contributed by atoms with van der Waals surface area (Å²) < 4.78 is 0. The number of nitrogens with one attached hydrogen (secondary N) is 1. The van der Waals surface area contributed by atoms with Gasteiger partial charge >= 0.3 is 0 Å². The van der Waals surface area contributed by atoms with Crippen LogP contribution in [0.4, 0.5) is 5.95 Å². The largest absolute Gasteiger partial charge is 0.357 e. The minimum atomic E-state index is 0.606. The number of rotatable bonds is 4. The maximum atomic E-state index is 4.22. The fraction of sp³-hybridized carbons (Fsp3) is 0.286. The molecule has 0 aliphatic rings. The molecule has 4 heteroatoms. The van der Waals surface area contributed by atoms with E-state index in [1.54, 1.807) is 0 Å². The summed E-state index contributed by atoms with van der Waals surface area (Å²) in [6.45, 7) is 4.39. The van der Waals surface area contributed by atoms with Crippen molar-refractivity contribution in [2.75, 3.05) is 12.4 Å². The summed E-state index contributed by atoms with van der Waals surface area (Å²) in [6, 6.07) is 8.52. The van der Waals surface area contributed by atoms with Gasteiger partial charge in [-0.3, -0.25) is 0 Å². The molecule has 0 saturated heterocycles. The third-order valence-corrected chi connectivity index (χ3v) is 3.45. The predicted molar refractivity (Wildman–Crippen MR) is 78.0 cm³/mol. The Morgan fingerprint density at radius 1 is 1.00 bits per heavy atom. The number of hydrogen-bond acceptors (Lipinski definition) is 4. The smallest absolute Gasteiger partial charge is 0.222 e. The van der Waals surface area contributed by atoms with Crippen molar-refractivity contribution in [1.29, 1.82) is 0 Å². The van der Waals surface area contributed by atoms with Crippen molar-refractivity contribution >= 4 is 17.7 Å². The van der Waals surface area contributed by atoms with E-state index >= 15 is 0 Å². The second-order valence-electron chi connectivity index (χ2n) is 4.24. The molecule has 0 fully saturated rings. The molecule has 0 unspecified atom stereocenters. The molecule has 0 aliphatic heterocycles. The van der Waals surface area contributed by atoms with Crippen LogP contribution in [0, 0.1) is 0 Å². The monoisotopic (exact) mass is 259 g/mol. The molecule has 2 aromatic rings. The van der Waals surface area contributed by atoms with Gasteiger partial charge in [0, 0.05) is 35.2 Å². The van der Waals surface area contributed by atoms with Gasteiger partial charge in [0.05, 0.1) is 0 Å². The Hall–Kier alpha value is -1.55. The van der Waals surface area contributed by atoms with Crippen LogP contribution >= 0.6 is 11.8 Å². The Morgan fingerprint density at radius 2 is 1.61 bits per heavy atom. The molecular weight excluding hydrogens is 242 g/mol. The van der Waals surface area contributed by atoms with Gasteiger partial charge in [0.25, 0.3) is 0 Å². The third-order valence-electron chi connectivity index (χ3n) is 2.43. The van der Waals surface area contributed by atoms with E-state index in [-0.39, 0.29) is 0 Å². The summed E-state index contributed by atoms with van der Waals surface area (Å²) in [4.78, 5) is 9.73. The molecule has 0 atom stereocenters. The summed E-state index contributed by atoms with van der Waals surface area (Å²) in [5.74, 6) is 0.644. The van der Waals surface area contributed by atoms with E-state index in [0.29, 0.717) is 11.2 Å². The van der Waals surface area contributed by atoms with Gasteiger partial charge in [-0.05, 0) is 17.7 Å². The lowest BCUT2D eigenvalue weighted by Crippen LogP contribution is -1.95. The predicted octanol–water partition coefficient (Wildman–Crippen LogP) is 3.69. The number of aromatic nitrogens is 2. The van der Waals surface area contributed by atoms with E-state index in [1.165, 1.54) is 4.90 Å². The summed E-state index contributed by atoms with van der Waals surface area (Å²) in [6.07, 6.45) is 3.67. The maximum absolute atomic E-state index is 4.22. The Bertz CT molecular complexity index is 491. The van der Waals surface area contributed by atoms with Crippen LogP contribution in [0.2, 0.25) is 0 Å². The van der Waals surface area contributed by atoms with Gasteiger partial charge in [0.1, 0.15) is 0 Å². The zero-order valence-electron chi connectivity index (χ0n) is 10.8. The van der Waals surface area contributed by atoms with Crippen LogP contribution in [0.25, 0.3) is 11.1 Å². The van der Waals surface area contributed by atoms with Crippen LogP contribution in [0.1, 0.15) is 13.8 Å². The maximum Gasteiger partial charge on any atom is 0.222 e. The lowest BCUT2D eigenvalue weighted by molar-refractivity contribution is 1.11. The van der Waals surface area contributed by atoms with Gasteiger partial charge in [-0.1, -0.05) is 26.0 Å². The number of anilines is 1. The van der Waals surface area contributed by atoms with Crippen molar-refractivity contribution < 1.29 is 0 Å². The van der Waals surface area contributed by atoms with Crippen molar-refractivity contribution in [1.82, 2.24) is 9.97 Å². The highest BCUT2D eigenvalue weighted by atomic mass is 32.2. The highest BCUT2D eigenvalue weighted by Crippen LogP contribution is 2.26. The van der Waals surface area contributed by atoms with Gasteiger partial charge in [-0.15, -0.1) is 11.8 Å². The average Bonchev–Trinajstić information content (AvgIpc) is 2.39. The molecule has 0 amide bonds. The highest BCUT2D eigenvalue weighted by molar-refractivity contribution is 7.99. The van der Waals surface area contributed by atoms with Gasteiger partial charge in [-0.25, -0.2) is 9.97 Å². The van der Waals surface area contributed by atoms with Crippen LogP contribution in [0.15, 0.2) is 41.6 Å². The van der Waals surface area contributed by atoms with E-state index < -0.39 is 0 Å². The summed E-state index contributed by atoms with van der Waals surface area (Å²) in [5.41, 5.74) is 2.18. The van der Waals surface area contributed by atoms with Crippen LogP contribution in [0.3, 0.4) is 0 Å². The fourth-order valence-corrected chi connectivity index (χ4v) is 2.44. The van der Waals surface area contributed by atoms with Crippen molar-refractivity contribution in [3.8, 4) is 11.1 Å². The van der Waals surface area contributed by atoms with Crippen LogP contribution in [-0.4, -0.2) is 22.3 Å². The van der Waals surface area contributed by atoms with Gasteiger partial charge in [0.15, 0.2) is 0 Å². The van der Waals surface area contributed by atoms with Crippen molar-refractivity contribution in [2.24, 2.45) is 0 Å². The van der Waals surface area contributed by atoms with Crippen LogP contribution < -0.4 is 5.32 Å². The third kappa shape index (κ3) is 3.23. The standard InChI is InChI=1S/C14H17N3S/c1-10(2)18-13-6-4-11(5-7-13)12-8-16-14(15-3)17-9-12/h4-10H,1-3H3,(H,15,16,17). The van der Waals surface area contributed by atoms with Gasteiger partial charge in [-0.2, -0.15) is 0 Å². The first-order valence-corrected chi connectivity index (χ1v) is 6.84. The summed E-state index contributed by atoms with van der Waals surface area (Å²) >= 11 is 1.87. The van der Waals surface area contributed by atoms with Crippen molar-refractivity contribution in [3.05, 3.63) is 36.7 Å². The molecule has 1 aromatic carbocycles. The summed E-state index contributed by atoms with van der Waals surface area (Å²) in [5, 5.41) is 3.52. The first kappa shape index (κ1) is 12.9. The Kier molecular flexibility index (Phi) is 4.20. The first-order valence-electron chi connectivity index (χ1n) is 5.96. The van der Waals surface area contributed by atoms with Crippen molar-refractivity contribution in [2.45, 2.75) is 24.0 Å². The average molecular weight is 259 g/mol. The molecule has 0 saturated carbocycles. The highest BCUT2D eigenvalue weighted by Gasteiger charge is 2.01. The van der Waals surface area contributed by atoms with Gasteiger partial charge < -0.3 is 5.32 Å². The molecular formula is C14H17N3S.